The zero-order valence-corrected chi connectivity index (χ0v) is 8.42. The second kappa shape index (κ2) is 3.56. The molecule has 76 valence electrons. The van der Waals surface area contributed by atoms with Gasteiger partial charge in [0.2, 0.25) is 0 Å². The van der Waals surface area contributed by atoms with E-state index in [1.165, 1.54) is 12.8 Å². The van der Waals surface area contributed by atoms with E-state index in [1.54, 1.807) is 0 Å². The van der Waals surface area contributed by atoms with E-state index >= 15 is 0 Å². The molecule has 1 atom stereocenters. The van der Waals surface area contributed by atoms with Gasteiger partial charge >= 0.3 is 0 Å². The number of hydrogen-bond acceptors (Lipinski definition) is 3. The first-order chi connectivity index (χ1) is 6.24. The number of nitrogens with zero attached hydrogens (tertiary/aromatic N) is 1. The first kappa shape index (κ1) is 9.44. The highest BCUT2D eigenvalue weighted by atomic mass is 16.3. The van der Waals surface area contributed by atoms with E-state index in [0.29, 0.717) is 0 Å². The Morgan fingerprint density at radius 1 is 1.54 bits per heavy atom. The highest BCUT2D eigenvalue weighted by Crippen LogP contribution is 2.29. The molecule has 3 nitrogen and oxygen atoms in total. The molecule has 1 saturated carbocycles. The summed E-state index contributed by atoms with van der Waals surface area (Å²) in [6.07, 6.45) is 3.85. The summed E-state index contributed by atoms with van der Waals surface area (Å²) < 4.78 is 0. The average molecular weight is 184 g/mol. The molecule has 0 spiro atoms. The number of aliphatic hydroxyl groups is 1. The molecule has 1 aliphatic carbocycles. The Balaban J connectivity index is 1.82. The molecule has 3 heteroatoms. The van der Waals surface area contributed by atoms with Crippen LogP contribution in [0.15, 0.2) is 0 Å². The first-order valence-electron chi connectivity index (χ1n) is 5.28. The standard InChI is InChI=1S/C10H20N2O/c1-12-5-4-10(7-12,8-13)11-6-9-2-3-9/h9,11,13H,2-8H2,1H3. The fraction of sp³-hybridized carbons (Fsp3) is 1.00. The quantitative estimate of drug-likeness (QED) is 0.648. The Morgan fingerprint density at radius 3 is 2.77 bits per heavy atom. The molecule has 2 fully saturated rings. The van der Waals surface area contributed by atoms with Crippen molar-refractivity contribution in [3.63, 3.8) is 0 Å². The molecule has 1 heterocycles. The van der Waals surface area contributed by atoms with Crippen molar-refractivity contribution in [1.82, 2.24) is 10.2 Å². The van der Waals surface area contributed by atoms with Crippen molar-refractivity contribution in [3.8, 4) is 0 Å². The van der Waals surface area contributed by atoms with Crippen LogP contribution in [0.25, 0.3) is 0 Å². The third kappa shape index (κ3) is 2.22. The van der Waals surface area contributed by atoms with E-state index in [4.69, 9.17) is 0 Å². The largest absolute Gasteiger partial charge is 0.394 e. The van der Waals surface area contributed by atoms with Gasteiger partial charge in [0.15, 0.2) is 0 Å². The van der Waals surface area contributed by atoms with Crippen LogP contribution in [-0.2, 0) is 0 Å². The van der Waals surface area contributed by atoms with Crippen LogP contribution in [0.5, 0.6) is 0 Å². The van der Waals surface area contributed by atoms with E-state index in [1.807, 2.05) is 0 Å². The van der Waals surface area contributed by atoms with Gasteiger partial charge in [0.25, 0.3) is 0 Å². The minimum atomic E-state index is 0.0113. The molecule has 2 N–H and O–H groups in total. The average Bonchev–Trinajstić information content (AvgIpc) is 2.88. The minimum Gasteiger partial charge on any atom is -0.394 e. The van der Waals surface area contributed by atoms with Gasteiger partial charge in [0.05, 0.1) is 12.1 Å². The number of likely N-dealkylation sites (N-methyl/N-ethyl adjacent to an activating group) is 1. The summed E-state index contributed by atoms with van der Waals surface area (Å²) in [5.74, 6) is 0.898. The van der Waals surface area contributed by atoms with Crippen molar-refractivity contribution in [2.24, 2.45) is 5.92 Å². The second-order valence-corrected chi connectivity index (χ2v) is 4.75. The van der Waals surface area contributed by atoms with Crippen molar-refractivity contribution in [2.75, 3.05) is 33.3 Å². The summed E-state index contributed by atoms with van der Waals surface area (Å²) >= 11 is 0. The molecule has 13 heavy (non-hydrogen) atoms. The van der Waals surface area contributed by atoms with Gasteiger partial charge in [-0.1, -0.05) is 0 Å². The van der Waals surface area contributed by atoms with Crippen molar-refractivity contribution in [1.29, 1.82) is 0 Å². The molecular formula is C10H20N2O. The van der Waals surface area contributed by atoms with E-state index in [0.717, 1.165) is 32.0 Å². The van der Waals surface area contributed by atoms with Crippen LogP contribution in [0, 0.1) is 5.92 Å². The van der Waals surface area contributed by atoms with Gasteiger partial charge in [-0.15, -0.1) is 0 Å². The molecule has 2 rings (SSSR count). The molecule has 1 aliphatic heterocycles. The van der Waals surface area contributed by atoms with Crippen molar-refractivity contribution in [2.45, 2.75) is 24.8 Å². The van der Waals surface area contributed by atoms with Crippen LogP contribution in [0.3, 0.4) is 0 Å². The van der Waals surface area contributed by atoms with Crippen molar-refractivity contribution in [3.05, 3.63) is 0 Å². The van der Waals surface area contributed by atoms with Gasteiger partial charge in [-0.25, -0.2) is 0 Å². The van der Waals surface area contributed by atoms with Crippen LogP contribution in [0.1, 0.15) is 19.3 Å². The fourth-order valence-electron chi connectivity index (χ4n) is 2.09. The normalized spacial score (nSPS) is 35.5. The molecule has 0 aromatic carbocycles. The Kier molecular flexibility index (Phi) is 2.58. The Morgan fingerprint density at radius 2 is 2.31 bits per heavy atom. The molecular weight excluding hydrogens is 164 g/mol. The van der Waals surface area contributed by atoms with Crippen LogP contribution in [-0.4, -0.2) is 48.8 Å². The third-order valence-electron chi connectivity index (χ3n) is 3.31. The minimum absolute atomic E-state index is 0.0113. The van der Waals surface area contributed by atoms with Gasteiger partial charge in [0.1, 0.15) is 0 Å². The molecule has 0 aromatic heterocycles. The third-order valence-corrected chi connectivity index (χ3v) is 3.31. The maximum absolute atomic E-state index is 9.38. The summed E-state index contributed by atoms with van der Waals surface area (Å²) in [5, 5.41) is 12.9. The lowest BCUT2D eigenvalue weighted by molar-refractivity contribution is 0.163. The molecule has 0 aromatic rings. The van der Waals surface area contributed by atoms with Crippen molar-refractivity contribution < 1.29 is 5.11 Å². The van der Waals surface area contributed by atoms with Crippen LogP contribution < -0.4 is 5.32 Å². The zero-order chi connectivity index (χ0) is 9.31. The van der Waals surface area contributed by atoms with Gasteiger partial charge in [0, 0.05) is 6.54 Å². The topological polar surface area (TPSA) is 35.5 Å². The zero-order valence-electron chi connectivity index (χ0n) is 8.42. The summed E-state index contributed by atoms with van der Waals surface area (Å²) in [6, 6.07) is 0. The summed E-state index contributed by atoms with van der Waals surface area (Å²) in [4.78, 5) is 2.29. The lowest BCUT2D eigenvalue weighted by Gasteiger charge is -2.28. The first-order valence-corrected chi connectivity index (χ1v) is 5.28. The van der Waals surface area contributed by atoms with Crippen LogP contribution in [0.4, 0.5) is 0 Å². The summed E-state index contributed by atoms with van der Waals surface area (Å²) in [6.45, 7) is 3.49. The second-order valence-electron chi connectivity index (χ2n) is 4.75. The van der Waals surface area contributed by atoms with Crippen LogP contribution in [0.2, 0.25) is 0 Å². The smallest absolute Gasteiger partial charge is 0.0626 e. The Hall–Kier alpha value is -0.120. The molecule has 1 saturated heterocycles. The number of nitrogens with one attached hydrogen (secondary N) is 1. The number of hydrogen-bond donors (Lipinski definition) is 2. The SMILES string of the molecule is CN1CCC(CO)(NCC2CC2)C1. The van der Waals surface area contributed by atoms with Gasteiger partial charge in [-0.2, -0.15) is 0 Å². The van der Waals surface area contributed by atoms with Crippen LogP contribution >= 0.6 is 0 Å². The molecule has 2 aliphatic rings. The Labute approximate surface area is 80.1 Å². The van der Waals surface area contributed by atoms with Gasteiger partial charge < -0.3 is 15.3 Å². The number of likely N-dealkylation sites (tertiary alicyclic amines) is 1. The Bertz CT molecular complexity index is 182. The molecule has 0 amide bonds. The summed E-state index contributed by atoms with van der Waals surface area (Å²) in [7, 11) is 2.12. The van der Waals surface area contributed by atoms with Gasteiger partial charge in [-0.05, 0) is 45.3 Å². The lowest BCUT2D eigenvalue weighted by Crippen LogP contribution is -2.51. The fourth-order valence-corrected chi connectivity index (χ4v) is 2.09. The summed E-state index contributed by atoms with van der Waals surface area (Å²) in [5.41, 5.74) is 0.0113. The maximum atomic E-state index is 9.38. The highest BCUT2D eigenvalue weighted by molar-refractivity contribution is 4.97. The van der Waals surface area contributed by atoms with E-state index < -0.39 is 0 Å². The van der Waals surface area contributed by atoms with Crippen molar-refractivity contribution >= 4 is 0 Å². The monoisotopic (exact) mass is 184 g/mol. The molecule has 0 bridgehead atoms. The number of rotatable bonds is 4. The van der Waals surface area contributed by atoms with Gasteiger partial charge in [-0.3, -0.25) is 0 Å². The molecule has 0 radical (unpaired) electrons. The highest BCUT2D eigenvalue weighted by Gasteiger charge is 2.37. The molecule has 1 unspecified atom stereocenters. The van der Waals surface area contributed by atoms with E-state index in [-0.39, 0.29) is 12.1 Å². The lowest BCUT2D eigenvalue weighted by atomic mass is 10.00. The number of aliphatic hydroxyl groups excluding tert-OH is 1. The predicted molar refractivity (Wildman–Crippen MR) is 52.7 cm³/mol. The van der Waals surface area contributed by atoms with E-state index in [2.05, 4.69) is 17.3 Å². The van der Waals surface area contributed by atoms with E-state index in [9.17, 15) is 5.11 Å². The maximum Gasteiger partial charge on any atom is 0.0626 e. The predicted octanol–water partition coefficient (Wildman–Crippen LogP) is 0.0526.